The Balaban J connectivity index is 1.68. The summed E-state index contributed by atoms with van der Waals surface area (Å²) >= 11 is 12.2. The minimum Gasteiger partial charge on any atom is -0.378 e. The van der Waals surface area contributed by atoms with Gasteiger partial charge in [-0.2, -0.15) is 0 Å². The zero-order valence-corrected chi connectivity index (χ0v) is 17.6. The van der Waals surface area contributed by atoms with Gasteiger partial charge in [-0.15, -0.1) is 0 Å². The SMILES string of the molecule is C[C@@H](C(=O)Nc1cc(Cl)ccc1Cl)N(C)Cc1ccccc1N1CCOCC1. The predicted molar refractivity (Wildman–Crippen MR) is 115 cm³/mol. The third-order valence-corrected chi connectivity index (χ3v) is 5.55. The second kappa shape index (κ2) is 9.61. The van der Waals surface area contributed by atoms with Gasteiger partial charge < -0.3 is 15.0 Å². The molecule has 0 bridgehead atoms. The molecule has 1 aliphatic heterocycles. The van der Waals surface area contributed by atoms with Crippen molar-refractivity contribution < 1.29 is 9.53 Å². The van der Waals surface area contributed by atoms with Crippen LogP contribution in [0, 0.1) is 0 Å². The number of anilines is 2. The number of hydrogen-bond donors (Lipinski definition) is 1. The van der Waals surface area contributed by atoms with Crippen LogP contribution in [0.15, 0.2) is 42.5 Å². The van der Waals surface area contributed by atoms with Gasteiger partial charge in [-0.05, 0) is 43.8 Å². The molecule has 3 rings (SSSR count). The maximum Gasteiger partial charge on any atom is 0.241 e. The Morgan fingerprint density at radius 2 is 1.93 bits per heavy atom. The molecule has 1 aliphatic rings. The standard InChI is InChI=1S/C21H25Cl2N3O2/c1-15(21(27)24-19-13-17(22)7-8-18(19)23)25(2)14-16-5-3-4-6-20(16)26-9-11-28-12-10-26/h3-8,13,15H,9-12,14H2,1-2H3,(H,24,27)/t15-/m0/s1. The molecule has 2 aromatic rings. The van der Waals surface area contributed by atoms with Gasteiger partial charge in [0, 0.05) is 30.3 Å². The first kappa shape index (κ1) is 20.9. The summed E-state index contributed by atoms with van der Waals surface area (Å²) in [4.78, 5) is 17.1. The molecule has 1 N–H and O–H groups in total. The van der Waals surface area contributed by atoms with Crippen LogP contribution in [-0.2, 0) is 16.1 Å². The van der Waals surface area contributed by atoms with E-state index in [0.29, 0.717) is 22.3 Å². The fourth-order valence-electron chi connectivity index (χ4n) is 3.19. The number of carbonyl (C=O) groups is 1. The highest BCUT2D eigenvalue weighted by molar-refractivity contribution is 6.35. The molecule has 0 radical (unpaired) electrons. The lowest BCUT2D eigenvalue weighted by atomic mass is 10.1. The summed E-state index contributed by atoms with van der Waals surface area (Å²) in [6, 6.07) is 13.0. The first-order valence-corrected chi connectivity index (χ1v) is 10.1. The Labute approximate surface area is 176 Å². The zero-order valence-electron chi connectivity index (χ0n) is 16.1. The average Bonchev–Trinajstić information content (AvgIpc) is 2.71. The van der Waals surface area contributed by atoms with Gasteiger partial charge in [0.2, 0.25) is 5.91 Å². The number of ether oxygens (including phenoxy) is 1. The van der Waals surface area contributed by atoms with E-state index in [0.717, 1.165) is 26.3 Å². The van der Waals surface area contributed by atoms with Gasteiger partial charge in [0.1, 0.15) is 0 Å². The van der Waals surface area contributed by atoms with Crippen LogP contribution in [0.2, 0.25) is 10.0 Å². The van der Waals surface area contributed by atoms with Crippen LogP contribution >= 0.6 is 23.2 Å². The lowest BCUT2D eigenvalue weighted by molar-refractivity contribution is -0.120. The maximum absolute atomic E-state index is 12.7. The van der Waals surface area contributed by atoms with Crippen LogP contribution in [0.1, 0.15) is 12.5 Å². The zero-order chi connectivity index (χ0) is 20.1. The van der Waals surface area contributed by atoms with Crippen molar-refractivity contribution in [1.29, 1.82) is 0 Å². The lowest BCUT2D eigenvalue weighted by Crippen LogP contribution is -2.40. The van der Waals surface area contributed by atoms with Gasteiger partial charge in [0.15, 0.2) is 0 Å². The molecule has 0 unspecified atom stereocenters. The molecule has 0 spiro atoms. The first-order chi connectivity index (χ1) is 13.5. The third kappa shape index (κ3) is 5.17. The number of carbonyl (C=O) groups excluding carboxylic acids is 1. The highest BCUT2D eigenvalue weighted by Crippen LogP contribution is 2.26. The number of nitrogens with zero attached hydrogens (tertiary/aromatic N) is 2. The normalized spacial score (nSPS) is 15.5. The number of morpholine rings is 1. The molecule has 1 heterocycles. The van der Waals surface area contributed by atoms with Gasteiger partial charge in [-0.3, -0.25) is 9.69 Å². The van der Waals surface area contributed by atoms with E-state index in [1.54, 1.807) is 18.2 Å². The number of hydrogen-bond acceptors (Lipinski definition) is 4. The van der Waals surface area contributed by atoms with Crippen molar-refractivity contribution in [2.24, 2.45) is 0 Å². The molecule has 1 fully saturated rings. The molecule has 150 valence electrons. The molecule has 0 saturated carbocycles. The minimum atomic E-state index is -0.340. The Kier molecular flexibility index (Phi) is 7.18. The quantitative estimate of drug-likeness (QED) is 0.755. The fraction of sp³-hybridized carbons (Fsp3) is 0.381. The number of likely N-dealkylation sites (N-methyl/N-ethyl adjacent to an activating group) is 1. The monoisotopic (exact) mass is 421 g/mol. The fourth-order valence-corrected chi connectivity index (χ4v) is 3.53. The van der Waals surface area contributed by atoms with E-state index in [-0.39, 0.29) is 11.9 Å². The largest absolute Gasteiger partial charge is 0.378 e. The van der Waals surface area contributed by atoms with Gasteiger partial charge in [0.05, 0.1) is 30.0 Å². The number of para-hydroxylation sites is 1. The average molecular weight is 422 g/mol. The van der Waals surface area contributed by atoms with Crippen LogP contribution in [0.4, 0.5) is 11.4 Å². The summed E-state index contributed by atoms with van der Waals surface area (Å²) in [5.74, 6) is -0.129. The van der Waals surface area contributed by atoms with Crippen molar-refractivity contribution in [3.05, 3.63) is 58.1 Å². The van der Waals surface area contributed by atoms with Crippen molar-refractivity contribution in [1.82, 2.24) is 4.90 Å². The molecule has 2 aromatic carbocycles. The number of nitrogens with one attached hydrogen (secondary N) is 1. The van der Waals surface area contributed by atoms with Crippen molar-refractivity contribution in [3.8, 4) is 0 Å². The van der Waals surface area contributed by atoms with Gasteiger partial charge in [-0.1, -0.05) is 41.4 Å². The molecule has 5 nitrogen and oxygen atoms in total. The predicted octanol–water partition coefficient (Wildman–Crippen LogP) is 4.29. The van der Waals surface area contributed by atoms with Crippen molar-refractivity contribution in [3.63, 3.8) is 0 Å². The van der Waals surface area contributed by atoms with Gasteiger partial charge >= 0.3 is 0 Å². The van der Waals surface area contributed by atoms with E-state index < -0.39 is 0 Å². The van der Waals surface area contributed by atoms with Crippen molar-refractivity contribution in [2.75, 3.05) is 43.6 Å². The van der Waals surface area contributed by atoms with Gasteiger partial charge in [-0.25, -0.2) is 0 Å². The maximum atomic E-state index is 12.7. The van der Waals surface area contributed by atoms with Crippen molar-refractivity contribution in [2.45, 2.75) is 19.5 Å². The van der Waals surface area contributed by atoms with Crippen LogP contribution in [0.3, 0.4) is 0 Å². The topological polar surface area (TPSA) is 44.8 Å². The molecule has 7 heteroatoms. The molecule has 1 amide bonds. The van der Waals surface area contributed by atoms with E-state index >= 15 is 0 Å². The number of rotatable bonds is 6. The Morgan fingerprint density at radius 3 is 2.68 bits per heavy atom. The number of benzene rings is 2. The lowest BCUT2D eigenvalue weighted by Gasteiger charge is -2.32. The molecular weight excluding hydrogens is 397 g/mol. The second-order valence-electron chi connectivity index (χ2n) is 6.93. The van der Waals surface area contributed by atoms with Crippen molar-refractivity contribution >= 4 is 40.5 Å². The van der Waals surface area contributed by atoms with E-state index in [4.69, 9.17) is 27.9 Å². The van der Waals surface area contributed by atoms with E-state index in [9.17, 15) is 4.79 Å². The summed E-state index contributed by atoms with van der Waals surface area (Å²) in [5, 5.41) is 3.86. The van der Waals surface area contributed by atoms with Gasteiger partial charge in [0.25, 0.3) is 0 Å². The van der Waals surface area contributed by atoms with E-state index in [2.05, 4.69) is 22.3 Å². The van der Waals surface area contributed by atoms with E-state index in [1.165, 1.54) is 11.3 Å². The Bertz CT molecular complexity index is 825. The van der Waals surface area contributed by atoms with Crippen LogP contribution in [-0.4, -0.2) is 50.2 Å². The third-order valence-electron chi connectivity index (χ3n) is 4.99. The summed E-state index contributed by atoms with van der Waals surface area (Å²) in [6.07, 6.45) is 0. The summed E-state index contributed by atoms with van der Waals surface area (Å²) in [5.41, 5.74) is 2.91. The molecule has 0 aliphatic carbocycles. The highest BCUT2D eigenvalue weighted by atomic mass is 35.5. The minimum absolute atomic E-state index is 0.129. The molecule has 1 atom stereocenters. The van der Waals surface area contributed by atoms with Crippen LogP contribution < -0.4 is 10.2 Å². The van der Waals surface area contributed by atoms with Crippen LogP contribution in [0.5, 0.6) is 0 Å². The molecule has 0 aromatic heterocycles. The highest BCUT2D eigenvalue weighted by Gasteiger charge is 2.21. The summed E-state index contributed by atoms with van der Waals surface area (Å²) in [6.45, 7) is 5.78. The molecule has 1 saturated heterocycles. The summed E-state index contributed by atoms with van der Waals surface area (Å²) < 4.78 is 5.46. The van der Waals surface area contributed by atoms with E-state index in [1.807, 2.05) is 31.0 Å². The second-order valence-corrected chi connectivity index (χ2v) is 7.78. The molecule has 28 heavy (non-hydrogen) atoms. The summed E-state index contributed by atoms with van der Waals surface area (Å²) in [7, 11) is 1.94. The number of amides is 1. The first-order valence-electron chi connectivity index (χ1n) is 9.32. The number of halogens is 2. The Morgan fingerprint density at radius 1 is 1.21 bits per heavy atom. The molecular formula is C21H25Cl2N3O2. The Hall–Kier alpha value is -1.79. The van der Waals surface area contributed by atoms with Crippen LogP contribution in [0.25, 0.3) is 0 Å². The smallest absolute Gasteiger partial charge is 0.241 e.